The van der Waals surface area contributed by atoms with Gasteiger partial charge >= 0.3 is 0 Å². The molecule has 1 amide bonds. The molecule has 0 N–H and O–H groups in total. The first-order valence-corrected chi connectivity index (χ1v) is 11.6. The van der Waals surface area contributed by atoms with Crippen LogP contribution in [-0.4, -0.2) is 50.3 Å². The molecule has 0 spiro atoms. The quantitative estimate of drug-likeness (QED) is 0.272. The molecule has 32 heavy (non-hydrogen) atoms. The summed E-state index contributed by atoms with van der Waals surface area (Å²) in [5, 5.41) is 0.370. The molecule has 1 fully saturated rings. The average molecular weight is 490 g/mol. The fourth-order valence-corrected chi connectivity index (χ4v) is 4.88. The number of halogens is 1. The number of carbonyl (C=O) groups is 1. The van der Waals surface area contributed by atoms with E-state index in [0.29, 0.717) is 11.4 Å². The number of hydrogen-bond acceptors (Lipinski definition) is 4. The van der Waals surface area contributed by atoms with Gasteiger partial charge in [0.05, 0.1) is 17.2 Å². The minimum atomic E-state index is -3.94. The Labute approximate surface area is 197 Å². The minimum Gasteiger partial charge on any atom is -0.368 e. The summed E-state index contributed by atoms with van der Waals surface area (Å²) in [6, 6.07) is 10.7. The van der Waals surface area contributed by atoms with Crippen LogP contribution in [0.2, 0.25) is 5.02 Å². The second kappa shape index (κ2) is 8.50. The summed E-state index contributed by atoms with van der Waals surface area (Å²) in [7, 11) is -0.612. The molecule has 3 rings (SSSR count). The molecule has 1 heterocycles. The lowest BCUT2D eigenvalue weighted by Gasteiger charge is -2.29. The topological polar surface area (TPSA) is 77.6 Å². The standard InChI is InChI=1S/C21H20ClN5O3S2/c1-21(2)19(28)26(14-9-10-18(23-3)17(22)12-14)20(31)27(21)15-7-6-8-16(11-15)32(29,30)24-13-25(4)5/h6-13H,1-2,4-5H3/b24-13+. The van der Waals surface area contributed by atoms with Gasteiger partial charge in [-0.3, -0.25) is 9.69 Å². The summed E-state index contributed by atoms with van der Waals surface area (Å²) in [6.45, 7) is 10.5. The largest absolute Gasteiger partial charge is 0.368 e. The second-order valence-corrected chi connectivity index (χ2v) is 10.1. The van der Waals surface area contributed by atoms with E-state index in [1.807, 2.05) is 0 Å². The van der Waals surface area contributed by atoms with Gasteiger partial charge in [0.1, 0.15) is 11.9 Å². The van der Waals surface area contributed by atoms with Gasteiger partial charge in [0.15, 0.2) is 5.11 Å². The molecule has 2 aromatic rings. The van der Waals surface area contributed by atoms with Crippen molar-refractivity contribution in [3.05, 3.63) is 58.9 Å². The van der Waals surface area contributed by atoms with Crippen LogP contribution in [-0.2, 0) is 14.8 Å². The predicted octanol–water partition coefficient (Wildman–Crippen LogP) is 4.09. The van der Waals surface area contributed by atoms with E-state index < -0.39 is 15.6 Å². The Bertz CT molecular complexity index is 1280. The Morgan fingerprint density at radius 3 is 2.47 bits per heavy atom. The molecule has 0 atom stereocenters. The van der Waals surface area contributed by atoms with E-state index in [0.717, 1.165) is 0 Å². The SMILES string of the molecule is [C-]#[N+]c1ccc(N2C(=O)C(C)(C)N(c3cccc(S(=O)(=O)/N=C/N(C)C)c3)C2=S)cc1Cl. The fourth-order valence-electron chi connectivity index (χ4n) is 3.18. The zero-order valence-corrected chi connectivity index (χ0v) is 20.2. The number of sulfonamides is 1. The summed E-state index contributed by atoms with van der Waals surface area (Å²) in [5.41, 5.74) is 0.0191. The summed E-state index contributed by atoms with van der Waals surface area (Å²) >= 11 is 11.8. The molecule has 1 aliphatic rings. The highest BCUT2D eigenvalue weighted by Crippen LogP contribution is 2.39. The normalized spacial score (nSPS) is 16.0. The monoisotopic (exact) mass is 489 g/mol. The van der Waals surface area contributed by atoms with Gasteiger partial charge in [-0.25, -0.2) is 4.85 Å². The Hall–Kier alpha value is -3.00. The number of amides is 1. The number of nitrogens with zero attached hydrogens (tertiary/aromatic N) is 5. The number of benzene rings is 2. The predicted molar refractivity (Wildman–Crippen MR) is 130 cm³/mol. The number of hydrogen-bond donors (Lipinski definition) is 0. The van der Waals surface area contributed by atoms with Crippen molar-refractivity contribution in [3.8, 4) is 0 Å². The van der Waals surface area contributed by atoms with Crippen molar-refractivity contribution in [2.75, 3.05) is 23.9 Å². The van der Waals surface area contributed by atoms with Gasteiger partial charge < -0.3 is 9.80 Å². The Morgan fingerprint density at radius 1 is 1.19 bits per heavy atom. The van der Waals surface area contributed by atoms with Gasteiger partial charge in [-0.2, -0.15) is 8.42 Å². The zero-order chi connectivity index (χ0) is 23.8. The smallest absolute Gasteiger partial charge is 0.283 e. The van der Waals surface area contributed by atoms with Crippen molar-refractivity contribution in [2.45, 2.75) is 24.3 Å². The maximum Gasteiger partial charge on any atom is 0.283 e. The molecular formula is C21H20ClN5O3S2. The number of anilines is 2. The van der Waals surface area contributed by atoms with E-state index in [1.165, 1.54) is 40.4 Å². The van der Waals surface area contributed by atoms with Gasteiger partial charge in [-0.05, 0) is 56.4 Å². The van der Waals surface area contributed by atoms with E-state index in [2.05, 4.69) is 9.24 Å². The van der Waals surface area contributed by atoms with Crippen molar-refractivity contribution in [3.63, 3.8) is 0 Å². The van der Waals surface area contributed by atoms with Gasteiger partial charge in [-0.15, -0.1) is 4.40 Å². The van der Waals surface area contributed by atoms with Crippen LogP contribution in [0.3, 0.4) is 0 Å². The van der Waals surface area contributed by atoms with Crippen molar-refractivity contribution >= 4 is 68.3 Å². The lowest BCUT2D eigenvalue weighted by atomic mass is 10.0. The Balaban J connectivity index is 2.06. The van der Waals surface area contributed by atoms with E-state index in [-0.39, 0.29) is 26.6 Å². The second-order valence-electron chi connectivity index (χ2n) is 7.72. The third-order valence-corrected chi connectivity index (χ3v) is 6.66. The van der Waals surface area contributed by atoms with Crippen LogP contribution in [0, 0.1) is 6.57 Å². The van der Waals surface area contributed by atoms with Crippen LogP contribution >= 0.6 is 23.8 Å². The third-order valence-electron chi connectivity index (χ3n) is 4.77. The molecule has 0 saturated carbocycles. The molecule has 1 saturated heterocycles. The van der Waals surface area contributed by atoms with Crippen LogP contribution in [0.5, 0.6) is 0 Å². The van der Waals surface area contributed by atoms with Gasteiger partial charge in [0.2, 0.25) is 5.69 Å². The van der Waals surface area contributed by atoms with Gasteiger partial charge in [0.25, 0.3) is 15.9 Å². The van der Waals surface area contributed by atoms with E-state index in [9.17, 15) is 13.2 Å². The van der Waals surface area contributed by atoms with E-state index in [4.69, 9.17) is 30.4 Å². The first kappa shape index (κ1) is 23.7. The van der Waals surface area contributed by atoms with Crippen LogP contribution in [0.1, 0.15) is 13.8 Å². The summed E-state index contributed by atoms with van der Waals surface area (Å²) < 4.78 is 28.9. The molecule has 8 nitrogen and oxygen atoms in total. The van der Waals surface area contributed by atoms with Gasteiger partial charge in [0, 0.05) is 24.8 Å². The van der Waals surface area contributed by atoms with Gasteiger partial charge in [-0.1, -0.05) is 23.7 Å². The maximum absolute atomic E-state index is 13.3. The number of thiocarbonyl (C=S) groups is 1. The zero-order valence-electron chi connectivity index (χ0n) is 17.8. The molecule has 0 radical (unpaired) electrons. The Kier molecular flexibility index (Phi) is 6.29. The highest BCUT2D eigenvalue weighted by Gasteiger charge is 2.50. The van der Waals surface area contributed by atoms with Crippen molar-refractivity contribution < 1.29 is 13.2 Å². The molecule has 0 bridgehead atoms. The summed E-state index contributed by atoms with van der Waals surface area (Å²) in [4.78, 5) is 21.0. The first-order chi connectivity index (χ1) is 14.9. The van der Waals surface area contributed by atoms with Crippen molar-refractivity contribution in [1.29, 1.82) is 0 Å². The number of rotatable bonds is 5. The van der Waals surface area contributed by atoms with Crippen molar-refractivity contribution in [2.24, 2.45) is 4.40 Å². The molecule has 1 aliphatic heterocycles. The molecule has 166 valence electrons. The summed E-state index contributed by atoms with van der Waals surface area (Å²) in [5.74, 6) is -0.312. The van der Waals surface area contributed by atoms with Crippen molar-refractivity contribution in [1.82, 2.24) is 4.90 Å². The third kappa shape index (κ3) is 4.19. The van der Waals surface area contributed by atoms with Crippen LogP contribution < -0.4 is 9.80 Å². The molecule has 2 aromatic carbocycles. The molecular weight excluding hydrogens is 470 g/mol. The molecule has 11 heteroatoms. The highest BCUT2D eigenvalue weighted by atomic mass is 35.5. The average Bonchev–Trinajstić information content (AvgIpc) is 2.90. The fraction of sp³-hybridized carbons (Fsp3) is 0.238. The number of carbonyl (C=O) groups excluding carboxylic acids is 1. The van der Waals surface area contributed by atoms with Crippen LogP contribution in [0.4, 0.5) is 17.1 Å². The lowest BCUT2D eigenvalue weighted by Crippen LogP contribution is -2.44. The van der Waals surface area contributed by atoms with Crippen LogP contribution in [0.15, 0.2) is 51.8 Å². The Morgan fingerprint density at radius 2 is 1.88 bits per heavy atom. The molecule has 0 unspecified atom stereocenters. The van der Waals surface area contributed by atoms with Crippen LogP contribution in [0.25, 0.3) is 4.85 Å². The first-order valence-electron chi connectivity index (χ1n) is 9.33. The molecule has 0 aromatic heterocycles. The minimum absolute atomic E-state index is 0.0259. The molecule has 0 aliphatic carbocycles. The highest BCUT2D eigenvalue weighted by molar-refractivity contribution is 7.90. The maximum atomic E-state index is 13.3. The summed E-state index contributed by atoms with van der Waals surface area (Å²) in [6.07, 6.45) is 1.20. The van der Waals surface area contributed by atoms with E-state index >= 15 is 0 Å². The van der Waals surface area contributed by atoms with E-state index in [1.54, 1.807) is 51.0 Å². The lowest BCUT2D eigenvalue weighted by molar-refractivity contribution is -0.120.